The van der Waals surface area contributed by atoms with Crippen LogP contribution < -0.4 is 0 Å². The van der Waals surface area contributed by atoms with Gasteiger partial charge in [0.05, 0.1) is 0 Å². The summed E-state index contributed by atoms with van der Waals surface area (Å²) < 4.78 is 111. The third-order valence-corrected chi connectivity index (χ3v) is 3.98. The smallest absolute Gasteiger partial charge is 0.216 e. The summed E-state index contributed by atoms with van der Waals surface area (Å²) >= 11 is 0.575. The van der Waals surface area contributed by atoms with E-state index in [2.05, 4.69) is 0 Å². The van der Waals surface area contributed by atoms with Crippen LogP contribution in [0, 0.1) is 0 Å². The number of hydrogen-bond donors (Lipinski definition) is 0. The monoisotopic (exact) mass is 456 g/mol. The quantitative estimate of drug-likeness (QED) is 0.322. The van der Waals surface area contributed by atoms with Gasteiger partial charge in [-0.2, -0.15) is 39.5 Å². The van der Waals surface area contributed by atoms with Crippen molar-refractivity contribution in [2.45, 2.75) is 26.5 Å². The van der Waals surface area contributed by atoms with Crippen molar-refractivity contribution in [1.29, 1.82) is 0 Å². The Hall–Kier alpha value is 0.510. The molecule has 12 heteroatoms. The van der Waals surface area contributed by atoms with Crippen molar-refractivity contribution in [2.75, 3.05) is 0 Å². The van der Waals surface area contributed by atoms with Crippen LogP contribution in [0.4, 0.5) is 43.9 Å². The molecule has 0 radical (unpaired) electrons. The number of alkyl halides is 12. The molecule has 0 saturated carbocycles. The number of hydrogen-bond acceptors (Lipinski definition) is 0. The van der Waals surface area contributed by atoms with Crippen LogP contribution in [0.1, 0.15) is 0 Å². The maximum atomic E-state index is 12.8. The average Bonchev–Trinajstić information content (AvgIpc) is 1.98. The van der Waals surface area contributed by atoms with Gasteiger partial charge in [0, 0.05) is 22.6 Å². The summed E-state index contributed by atoms with van der Waals surface area (Å²) in [6, 6.07) is 0. The summed E-state index contributed by atoms with van der Waals surface area (Å²) in [5, 5.41) is 0. The minimum absolute atomic E-state index is 0.323. The lowest BCUT2D eigenvalue weighted by Crippen LogP contribution is -2.64. The van der Waals surface area contributed by atoms with Gasteiger partial charge in [-0.05, 0) is 15.9 Å². The molecule has 0 aromatic rings. The first-order chi connectivity index (χ1) is 7.00. The van der Waals surface area contributed by atoms with E-state index in [4.69, 9.17) is 0 Å². The minimum Gasteiger partial charge on any atom is -0.216 e. The van der Waals surface area contributed by atoms with Crippen LogP contribution in [0.2, 0.25) is 0 Å². The van der Waals surface area contributed by atoms with Crippen molar-refractivity contribution in [3.05, 3.63) is 0 Å². The molecule has 0 fully saturated rings. The summed E-state index contributed by atoms with van der Waals surface area (Å²) in [4.78, 5) is 0. The molecule has 0 aromatic heterocycles. The molecule has 0 bridgehead atoms. The highest BCUT2D eigenvalue weighted by molar-refractivity contribution is 14.1. The predicted molar refractivity (Wildman–Crippen MR) is 47.7 cm³/mol. The van der Waals surface area contributed by atoms with Crippen LogP contribution in [0.25, 0.3) is 0 Å². The molecular formula is C5BrF10I. The topological polar surface area (TPSA) is 0 Å². The molecule has 0 aliphatic rings. The van der Waals surface area contributed by atoms with Crippen LogP contribution in [0.15, 0.2) is 0 Å². The fraction of sp³-hybridized carbons (Fsp3) is 1.00. The number of halogens is 12. The molecule has 0 heterocycles. The SMILES string of the molecule is FC(F)(F)C(F)(F)C(F)(F)C(F)(Br)C(F)(F)I. The molecule has 0 aliphatic carbocycles. The van der Waals surface area contributed by atoms with Gasteiger partial charge in [0.1, 0.15) is 0 Å². The fourth-order valence-electron chi connectivity index (χ4n) is 0.553. The zero-order chi connectivity index (χ0) is 14.5. The van der Waals surface area contributed by atoms with E-state index >= 15 is 0 Å². The Balaban J connectivity index is 5.73. The van der Waals surface area contributed by atoms with E-state index in [1.54, 1.807) is 0 Å². The second-order valence-electron chi connectivity index (χ2n) is 2.72. The van der Waals surface area contributed by atoms with Crippen molar-refractivity contribution in [1.82, 2.24) is 0 Å². The molecule has 0 N–H and O–H groups in total. The molecule has 0 rings (SSSR count). The molecule has 1 unspecified atom stereocenters. The molecular weight excluding hydrogens is 457 g/mol. The zero-order valence-corrected chi connectivity index (χ0v) is 10.8. The average molecular weight is 457 g/mol. The zero-order valence-electron chi connectivity index (χ0n) is 7.04. The Morgan fingerprint density at radius 1 is 0.647 bits per heavy atom. The van der Waals surface area contributed by atoms with E-state index in [-0.39, 0.29) is 22.6 Å². The van der Waals surface area contributed by atoms with Gasteiger partial charge in [-0.25, -0.2) is 4.39 Å². The van der Waals surface area contributed by atoms with Crippen molar-refractivity contribution in [3.8, 4) is 0 Å². The highest BCUT2D eigenvalue weighted by atomic mass is 127. The van der Waals surface area contributed by atoms with E-state index in [0.717, 1.165) is 15.9 Å². The van der Waals surface area contributed by atoms with Crippen LogP contribution >= 0.6 is 38.5 Å². The van der Waals surface area contributed by atoms with Gasteiger partial charge in [-0.1, -0.05) is 0 Å². The molecule has 1 atom stereocenters. The second-order valence-corrected chi connectivity index (χ2v) is 5.17. The molecule has 17 heavy (non-hydrogen) atoms. The van der Waals surface area contributed by atoms with Crippen molar-refractivity contribution >= 4 is 38.5 Å². The Labute approximate surface area is 109 Å². The Morgan fingerprint density at radius 3 is 1.12 bits per heavy atom. The lowest BCUT2D eigenvalue weighted by Gasteiger charge is -2.36. The molecule has 0 aliphatic heterocycles. The molecule has 0 nitrogen and oxygen atoms in total. The van der Waals surface area contributed by atoms with E-state index in [1.165, 1.54) is 0 Å². The summed E-state index contributed by atoms with van der Waals surface area (Å²) in [6.07, 6.45) is -6.89. The first-order valence-corrected chi connectivity index (χ1v) is 5.14. The third-order valence-electron chi connectivity index (χ3n) is 1.50. The van der Waals surface area contributed by atoms with E-state index in [0.29, 0.717) is 0 Å². The van der Waals surface area contributed by atoms with Crippen molar-refractivity contribution in [2.24, 2.45) is 0 Å². The van der Waals surface area contributed by atoms with Gasteiger partial charge < -0.3 is 0 Å². The normalized spacial score (nSPS) is 19.1. The Bertz CT molecular complexity index is 260. The van der Waals surface area contributed by atoms with Crippen LogP contribution in [-0.2, 0) is 0 Å². The summed E-state index contributed by atoms with van der Waals surface area (Å²) in [7, 11) is 0. The van der Waals surface area contributed by atoms with Gasteiger partial charge >= 0.3 is 26.5 Å². The van der Waals surface area contributed by atoms with Gasteiger partial charge in [0.2, 0.25) is 0 Å². The number of rotatable bonds is 3. The Morgan fingerprint density at radius 2 is 0.941 bits per heavy atom. The Kier molecular flexibility index (Phi) is 4.39. The van der Waals surface area contributed by atoms with Crippen LogP contribution in [-0.4, -0.2) is 26.5 Å². The third kappa shape index (κ3) is 2.61. The fourth-order valence-corrected chi connectivity index (χ4v) is 1.14. The maximum absolute atomic E-state index is 12.8. The predicted octanol–water partition coefficient (Wildman–Crippen LogP) is 4.91. The highest BCUT2D eigenvalue weighted by Gasteiger charge is 2.85. The molecule has 104 valence electrons. The summed E-state index contributed by atoms with van der Waals surface area (Å²) in [6.45, 7) is 0. The standard InChI is InChI=1S/C5BrF10I/c6-1(7,5(15,16)17)2(8,9)3(10,11)4(12,13)14. The minimum atomic E-state index is -6.97. The van der Waals surface area contributed by atoms with E-state index in [9.17, 15) is 43.9 Å². The first-order valence-electron chi connectivity index (χ1n) is 3.27. The first kappa shape index (κ1) is 17.5. The highest BCUT2D eigenvalue weighted by Crippen LogP contribution is 2.60. The van der Waals surface area contributed by atoms with Crippen LogP contribution in [0.3, 0.4) is 0 Å². The van der Waals surface area contributed by atoms with Crippen molar-refractivity contribution < 1.29 is 43.9 Å². The second kappa shape index (κ2) is 4.27. The van der Waals surface area contributed by atoms with Crippen LogP contribution in [0.5, 0.6) is 0 Å². The summed E-state index contributed by atoms with van der Waals surface area (Å²) in [5.74, 6) is -13.7. The maximum Gasteiger partial charge on any atom is 0.460 e. The molecule has 0 aromatic carbocycles. The summed E-state index contributed by atoms with van der Waals surface area (Å²) in [5.41, 5.74) is 0. The van der Waals surface area contributed by atoms with Gasteiger partial charge in [0.15, 0.2) is 0 Å². The molecule has 0 saturated heterocycles. The molecule has 0 amide bonds. The lowest BCUT2D eigenvalue weighted by atomic mass is 10.1. The van der Waals surface area contributed by atoms with E-state index < -0.39 is 26.5 Å². The molecule has 0 spiro atoms. The van der Waals surface area contributed by atoms with Crippen molar-refractivity contribution in [3.63, 3.8) is 0 Å². The van der Waals surface area contributed by atoms with Gasteiger partial charge in [0.25, 0.3) is 0 Å². The largest absolute Gasteiger partial charge is 0.460 e. The van der Waals surface area contributed by atoms with Gasteiger partial charge in [-0.3, -0.25) is 0 Å². The lowest BCUT2D eigenvalue weighted by molar-refractivity contribution is -0.376. The van der Waals surface area contributed by atoms with E-state index in [1.807, 2.05) is 0 Å². The van der Waals surface area contributed by atoms with Gasteiger partial charge in [-0.15, -0.1) is 0 Å².